The van der Waals surface area contributed by atoms with Crippen LogP contribution in [-0.2, 0) is 0 Å². The first kappa shape index (κ1) is 11.8. The lowest BCUT2D eigenvalue weighted by Crippen LogP contribution is -2.09. The Hall–Kier alpha value is -2.28. The highest BCUT2D eigenvalue weighted by Gasteiger charge is 2.08. The van der Waals surface area contributed by atoms with Crippen molar-refractivity contribution < 1.29 is 0 Å². The minimum atomic E-state index is 1.21. The zero-order chi connectivity index (χ0) is 13.2. The van der Waals surface area contributed by atoms with Gasteiger partial charge in [-0.15, -0.1) is 0 Å². The maximum atomic E-state index is 2.24. The van der Waals surface area contributed by atoms with Crippen LogP contribution >= 0.6 is 0 Å². The van der Waals surface area contributed by atoms with Crippen LogP contribution in [-0.4, -0.2) is 7.05 Å². The van der Waals surface area contributed by atoms with Crippen molar-refractivity contribution in [3.05, 3.63) is 72.3 Å². The van der Waals surface area contributed by atoms with Gasteiger partial charge in [0.1, 0.15) is 0 Å². The number of rotatable bonds is 2. The van der Waals surface area contributed by atoms with Gasteiger partial charge in [0.05, 0.1) is 0 Å². The molecule has 0 saturated heterocycles. The summed E-state index contributed by atoms with van der Waals surface area (Å²) in [6, 6.07) is 23.4. The summed E-state index contributed by atoms with van der Waals surface area (Å²) >= 11 is 0. The molecule has 3 aromatic rings. The lowest BCUT2D eigenvalue weighted by Gasteiger charge is -2.22. The van der Waals surface area contributed by atoms with Crippen molar-refractivity contribution in [2.45, 2.75) is 6.92 Å². The molecule has 0 saturated carbocycles. The summed E-state index contributed by atoms with van der Waals surface area (Å²) < 4.78 is 0. The first-order valence-corrected chi connectivity index (χ1v) is 6.54. The highest BCUT2D eigenvalue weighted by molar-refractivity contribution is 5.97. The van der Waals surface area contributed by atoms with Gasteiger partial charge in [-0.05, 0) is 36.1 Å². The van der Waals surface area contributed by atoms with Crippen LogP contribution in [0.4, 0.5) is 11.4 Å². The minimum absolute atomic E-state index is 1.21. The molecular formula is C18H17N. The highest BCUT2D eigenvalue weighted by Crippen LogP contribution is 2.32. The van der Waals surface area contributed by atoms with Crippen LogP contribution in [0.5, 0.6) is 0 Å². The topological polar surface area (TPSA) is 3.24 Å². The maximum absolute atomic E-state index is 2.24. The fourth-order valence-electron chi connectivity index (χ4n) is 2.52. The summed E-state index contributed by atoms with van der Waals surface area (Å²) in [6.07, 6.45) is 0. The Balaban J connectivity index is 2.18. The van der Waals surface area contributed by atoms with Crippen LogP contribution in [0.2, 0.25) is 0 Å². The van der Waals surface area contributed by atoms with Crippen molar-refractivity contribution in [3.8, 4) is 0 Å². The predicted octanol–water partition coefficient (Wildman–Crippen LogP) is 4.92. The fraction of sp³-hybridized carbons (Fsp3) is 0.111. The normalized spacial score (nSPS) is 10.6. The smallest absolute Gasteiger partial charge is 0.0487 e. The van der Waals surface area contributed by atoms with E-state index in [0.717, 1.165) is 0 Å². The molecule has 0 atom stereocenters. The Labute approximate surface area is 114 Å². The quantitative estimate of drug-likeness (QED) is 0.621. The molecule has 0 amide bonds. The maximum Gasteiger partial charge on any atom is 0.0487 e. The van der Waals surface area contributed by atoms with Gasteiger partial charge in [-0.2, -0.15) is 0 Å². The van der Waals surface area contributed by atoms with Crippen molar-refractivity contribution in [3.63, 3.8) is 0 Å². The lowest BCUT2D eigenvalue weighted by molar-refractivity contribution is 1.22. The van der Waals surface area contributed by atoms with Gasteiger partial charge >= 0.3 is 0 Å². The average Bonchev–Trinajstić information content (AvgIpc) is 2.48. The largest absolute Gasteiger partial charge is 0.344 e. The van der Waals surface area contributed by atoms with Crippen molar-refractivity contribution in [2.75, 3.05) is 11.9 Å². The Morgan fingerprint density at radius 2 is 1.32 bits per heavy atom. The molecule has 3 rings (SSSR count). The molecule has 0 N–H and O–H groups in total. The van der Waals surface area contributed by atoms with Crippen LogP contribution in [0.1, 0.15) is 5.56 Å². The Kier molecular flexibility index (Phi) is 2.96. The number of fused-ring (bicyclic) bond motifs is 1. The van der Waals surface area contributed by atoms with E-state index in [-0.39, 0.29) is 0 Å². The molecule has 0 spiro atoms. The van der Waals surface area contributed by atoms with E-state index in [4.69, 9.17) is 0 Å². The van der Waals surface area contributed by atoms with E-state index in [9.17, 15) is 0 Å². The second kappa shape index (κ2) is 4.77. The van der Waals surface area contributed by atoms with Crippen LogP contribution < -0.4 is 4.90 Å². The van der Waals surface area contributed by atoms with E-state index in [1.165, 1.54) is 27.7 Å². The number of benzene rings is 3. The zero-order valence-electron chi connectivity index (χ0n) is 11.3. The van der Waals surface area contributed by atoms with Gasteiger partial charge in [-0.25, -0.2) is 0 Å². The summed E-state index contributed by atoms with van der Waals surface area (Å²) in [6.45, 7) is 2.16. The van der Waals surface area contributed by atoms with Gasteiger partial charge in [0.2, 0.25) is 0 Å². The number of nitrogens with zero attached hydrogens (tertiary/aromatic N) is 1. The molecule has 0 aliphatic carbocycles. The highest BCUT2D eigenvalue weighted by atomic mass is 15.1. The van der Waals surface area contributed by atoms with E-state index >= 15 is 0 Å². The molecule has 0 unspecified atom stereocenters. The number of para-hydroxylation sites is 1. The Morgan fingerprint density at radius 3 is 2.05 bits per heavy atom. The summed E-state index contributed by atoms with van der Waals surface area (Å²) in [5.74, 6) is 0. The van der Waals surface area contributed by atoms with E-state index in [1.54, 1.807) is 0 Å². The van der Waals surface area contributed by atoms with Gasteiger partial charge in [0.25, 0.3) is 0 Å². The van der Waals surface area contributed by atoms with Gasteiger partial charge in [0, 0.05) is 23.8 Å². The van der Waals surface area contributed by atoms with Crippen molar-refractivity contribution in [1.82, 2.24) is 0 Å². The molecule has 0 bridgehead atoms. The van der Waals surface area contributed by atoms with Crippen LogP contribution in [0.15, 0.2) is 66.7 Å². The van der Waals surface area contributed by atoms with Gasteiger partial charge in [-0.1, -0.05) is 48.5 Å². The molecule has 0 aromatic heterocycles. The summed E-state index contributed by atoms with van der Waals surface area (Å²) in [5.41, 5.74) is 3.77. The van der Waals surface area contributed by atoms with Crippen LogP contribution in [0.25, 0.3) is 10.8 Å². The zero-order valence-corrected chi connectivity index (χ0v) is 11.3. The summed E-state index contributed by atoms with van der Waals surface area (Å²) in [4.78, 5) is 2.24. The van der Waals surface area contributed by atoms with Gasteiger partial charge in [-0.3, -0.25) is 0 Å². The first-order valence-electron chi connectivity index (χ1n) is 6.54. The Bertz CT molecular complexity index is 701. The molecule has 94 valence electrons. The predicted molar refractivity (Wildman–Crippen MR) is 83.2 cm³/mol. The van der Waals surface area contributed by atoms with Crippen LogP contribution in [0.3, 0.4) is 0 Å². The van der Waals surface area contributed by atoms with E-state index < -0.39 is 0 Å². The third-order valence-electron chi connectivity index (χ3n) is 3.62. The second-order valence-corrected chi connectivity index (χ2v) is 4.84. The van der Waals surface area contributed by atoms with Crippen molar-refractivity contribution in [2.24, 2.45) is 0 Å². The number of hydrogen-bond acceptors (Lipinski definition) is 1. The molecule has 3 aromatic carbocycles. The molecule has 0 fully saturated rings. The SMILES string of the molecule is Cc1ccc(N(C)c2ccccc2)c2ccccc12. The van der Waals surface area contributed by atoms with Gasteiger partial charge in [0.15, 0.2) is 0 Å². The van der Waals surface area contributed by atoms with Crippen molar-refractivity contribution in [1.29, 1.82) is 0 Å². The molecule has 0 radical (unpaired) electrons. The minimum Gasteiger partial charge on any atom is -0.344 e. The standard InChI is InChI=1S/C18H17N/c1-14-12-13-18(17-11-7-6-10-16(14)17)19(2)15-8-4-3-5-9-15/h3-13H,1-2H3. The molecule has 0 heterocycles. The molecule has 1 heteroatoms. The molecule has 0 aliphatic heterocycles. The molecular weight excluding hydrogens is 230 g/mol. The summed E-state index contributed by atoms with van der Waals surface area (Å²) in [5, 5.41) is 2.62. The van der Waals surface area contributed by atoms with E-state index in [2.05, 4.69) is 79.5 Å². The van der Waals surface area contributed by atoms with Gasteiger partial charge < -0.3 is 4.90 Å². The molecule has 19 heavy (non-hydrogen) atoms. The average molecular weight is 247 g/mol. The number of anilines is 2. The van der Waals surface area contributed by atoms with Crippen molar-refractivity contribution >= 4 is 22.1 Å². The van der Waals surface area contributed by atoms with E-state index in [1.807, 2.05) is 6.07 Å². The second-order valence-electron chi connectivity index (χ2n) is 4.84. The fourth-order valence-corrected chi connectivity index (χ4v) is 2.52. The first-order chi connectivity index (χ1) is 9.27. The monoisotopic (exact) mass is 247 g/mol. The number of hydrogen-bond donors (Lipinski definition) is 0. The summed E-state index contributed by atoms with van der Waals surface area (Å²) in [7, 11) is 2.12. The molecule has 0 aliphatic rings. The Morgan fingerprint density at radius 1 is 0.684 bits per heavy atom. The van der Waals surface area contributed by atoms with E-state index in [0.29, 0.717) is 0 Å². The third kappa shape index (κ3) is 2.08. The number of aryl methyl sites for hydroxylation is 1. The van der Waals surface area contributed by atoms with Crippen LogP contribution in [0, 0.1) is 6.92 Å². The third-order valence-corrected chi connectivity index (χ3v) is 3.62. The molecule has 1 nitrogen and oxygen atoms in total. The lowest BCUT2D eigenvalue weighted by atomic mass is 10.0.